The summed E-state index contributed by atoms with van der Waals surface area (Å²) in [6, 6.07) is 3.94. The molecule has 4 heteroatoms. The van der Waals surface area contributed by atoms with Crippen LogP contribution in [-0.4, -0.2) is 15.7 Å². The monoisotopic (exact) mass is 222 g/mol. The van der Waals surface area contributed by atoms with Gasteiger partial charge in [-0.2, -0.15) is 12.6 Å². The molecule has 0 spiro atoms. The van der Waals surface area contributed by atoms with Gasteiger partial charge in [-0.3, -0.25) is 4.98 Å². The lowest BCUT2D eigenvalue weighted by atomic mass is 10.2. The van der Waals surface area contributed by atoms with Gasteiger partial charge < -0.3 is 0 Å². The minimum atomic E-state index is 0.850. The minimum Gasteiger partial charge on any atom is -0.265 e. The van der Waals surface area contributed by atoms with Crippen LogP contribution in [0.1, 0.15) is 5.01 Å². The number of nitrogens with zero attached hydrogens (tertiary/aromatic N) is 2. The summed E-state index contributed by atoms with van der Waals surface area (Å²) < 4.78 is 0. The molecule has 0 fully saturated rings. The van der Waals surface area contributed by atoms with E-state index < -0.39 is 0 Å². The van der Waals surface area contributed by atoms with Gasteiger partial charge in [0.05, 0.1) is 10.7 Å². The Morgan fingerprint density at radius 2 is 2.07 bits per heavy atom. The van der Waals surface area contributed by atoms with Gasteiger partial charge in [-0.05, 0) is 17.9 Å². The smallest absolute Gasteiger partial charge is 0.0940 e. The van der Waals surface area contributed by atoms with Crippen LogP contribution in [0.15, 0.2) is 29.9 Å². The molecule has 0 aliphatic carbocycles. The Kier molecular flexibility index (Phi) is 3.16. The third-order valence-corrected chi connectivity index (χ3v) is 2.99. The number of rotatable bonds is 3. The Bertz CT molecular complexity index is 398. The second kappa shape index (κ2) is 4.57. The molecule has 14 heavy (non-hydrogen) atoms. The van der Waals surface area contributed by atoms with Gasteiger partial charge >= 0.3 is 0 Å². The van der Waals surface area contributed by atoms with Crippen molar-refractivity contribution < 1.29 is 0 Å². The van der Waals surface area contributed by atoms with E-state index in [1.54, 1.807) is 23.7 Å². The molecule has 0 aromatic carbocycles. The average Bonchev–Trinajstić information content (AvgIpc) is 2.68. The van der Waals surface area contributed by atoms with Crippen LogP contribution in [0.4, 0.5) is 0 Å². The molecule has 2 aromatic rings. The number of thiazole rings is 1. The van der Waals surface area contributed by atoms with Crippen molar-refractivity contribution in [3.63, 3.8) is 0 Å². The highest BCUT2D eigenvalue weighted by atomic mass is 32.1. The van der Waals surface area contributed by atoms with Crippen molar-refractivity contribution in [2.45, 2.75) is 6.42 Å². The van der Waals surface area contributed by atoms with Crippen molar-refractivity contribution in [1.29, 1.82) is 0 Å². The molecule has 2 aromatic heterocycles. The molecule has 0 saturated heterocycles. The van der Waals surface area contributed by atoms with Crippen LogP contribution in [0.5, 0.6) is 0 Å². The quantitative estimate of drug-likeness (QED) is 0.808. The lowest BCUT2D eigenvalue weighted by Gasteiger charge is -1.93. The van der Waals surface area contributed by atoms with Crippen LogP contribution in [-0.2, 0) is 6.42 Å². The summed E-state index contributed by atoms with van der Waals surface area (Å²) >= 11 is 5.87. The standard InChI is InChI=1S/C10H10N2S2/c13-6-3-10-12-9(7-14-10)8-1-4-11-5-2-8/h1-2,4-5,7,13H,3,6H2. The third kappa shape index (κ3) is 2.13. The van der Waals surface area contributed by atoms with E-state index >= 15 is 0 Å². The Hall–Kier alpha value is -0.870. The fourth-order valence-electron chi connectivity index (χ4n) is 1.18. The summed E-state index contributed by atoms with van der Waals surface area (Å²) in [7, 11) is 0. The molecular formula is C10H10N2S2. The van der Waals surface area contributed by atoms with E-state index in [9.17, 15) is 0 Å². The summed E-state index contributed by atoms with van der Waals surface area (Å²) in [6.07, 6.45) is 4.51. The Morgan fingerprint density at radius 3 is 2.79 bits per heavy atom. The largest absolute Gasteiger partial charge is 0.265 e. The highest BCUT2D eigenvalue weighted by Gasteiger charge is 2.02. The van der Waals surface area contributed by atoms with Crippen LogP contribution in [0.25, 0.3) is 11.3 Å². The number of aromatic nitrogens is 2. The Balaban J connectivity index is 2.25. The van der Waals surface area contributed by atoms with Crippen molar-refractivity contribution in [3.05, 3.63) is 34.9 Å². The highest BCUT2D eigenvalue weighted by Crippen LogP contribution is 2.21. The SMILES string of the molecule is SCCc1nc(-c2ccncc2)cs1. The van der Waals surface area contributed by atoms with Crippen molar-refractivity contribution in [1.82, 2.24) is 9.97 Å². The predicted octanol–water partition coefficient (Wildman–Crippen LogP) is 2.68. The molecule has 0 atom stereocenters. The number of hydrogen-bond donors (Lipinski definition) is 1. The third-order valence-electron chi connectivity index (χ3n) is 1.85. The number of pyridine rings is 1. The normalized spacial score (nSPS) is 10.4. The van der Waals surface area contributed by atoms with Crippen molar-refractivity contribution in [2.75, 3.05) is 5.75 Å². The molecule has 0 aliphatic heterocycles. The molecule has 2 nitrogen and oxygen atoms in total. The molecule has 2 heterocycles. The zero-order valence-corrected chi connectivity index (χ0v) is 9.26. The maximum absolute atomic E-state index is 4.51. The van der Waals surface area contributed by atoms with E-state index in [-0.39, 0.29) is 0 Å². The lowest BCUT2D eigenvalue weighted by Crippen LogP contribution is -1.84. The Labute approximate surface area is 92.5 Å². The molecule has 0 N–H and O–H groups in total. The molecule has 0 saturated carbocycles. The van der Waals surface area contributed by atoms with Gasteiger partial charge in [0.25, 0.3) is 0 Å². The summed E-state index contributed by atoms with van der Waals surface area (Å²) in [5, 5.41) is 3.22. The summed E-state index contributed by atoms with van der Waals surface area (Å²) in [5.74, 6) is 0.850. The second-order valence-corrected chi connectivity index (χ2v) is 4.23. The molecule has 0 unspecified atom stereocenters. The fraction of sp³-hybridized carbons (Fsp3) is 0.200. The molecule has 0 radical (unpaired) electrons. The van der Waals surface area contributed by atoms with Gasteiger partial charge in [0.15, 0.2) is 0 Å². The predicted molar refractivity (Wildman–Crippen MR) is 62.9 cm³/mol. The van der Waals surface area contributed by atoms with Crippen LogP contribution in [0.3, 0.4) is 0 Å². The first-order chi connectivity index (χ1) is 6.90. The topological polar surface area (TPSA) is 25.8 Å². The van der Waals surface area contributed by atoms with Crippen LogP contribution in [0, 0.1) is 0 Å². The molecule has 72 valence electrons. The van der Waals surface area contributed by atoms with E-state index in [1.165, 1.54) is 0 Å². The van der Waals surface area contributed by atoms with Gasteiger partial charge in [0.1, 0.15) is 0 Å². The number of thiol groups is 1. The van der Waals surface area contributed by atoms with Gasteiger partial charge in [0, 0.05) is 29.8 Å². The zero-order valence-electron chi connectivity index (χ0n) is 7.55. The average molecular weight is 222 g/mol. The maximum atomic E-state index is 4.51. The highest BCUT2D eigenvalue weighted by molar-refractivity contribution is 7.80. The van der Waals surface area contributed by atoms with E-state index in [0.29, 0.717) is 0 Å². The van der Waals surface area contributed by atoms with Crippen LogP contribution >= 0.6 is 24.0 Å². The van der Waals surface area contributed by atoms with E-state index in [0.717, 1.165) is 28.4 Å². The maximum Gasteiger partial charge on any atom is 0.0940 e. The first kappa shape index (κ1) is 9.68. The minimum absolute atomic E-state index is 0.850. The first-order valence-corrected chi connectivity index (χ1v) is 5.87. The number of hydrogen-bond acceptors (Lipinski definition) is 4. The summed E-state index contributed by atoms with van der Waals surface area (Å²) in [5.41, 5.74) is 2.16. The Morgan fingerprint density at radius 1 is 1.29 bits per heavy atom. The van der Waals surface area contributed by atoms with Crippen molar-refractivity contribution in [3.8, 4) is 11.3 Å². The van der Waals surface area contributed by atoms with Gasteiger partial charge in [-0.25, -0.2) is 4.98 Å². The zero-order chi connectivity index (χ0) is 9.80. The number of aryl methyl sites for hydroxylation is 1. The van der Waals surface area contributed by atoms with E-state index in [4.69, 9.17) is 0 Å². The van der Waals surface area contributed by atoms with E-state index in [1.807, 2.05) is 12.1 Å². The van der Waals surface area contributed by atoms with Gasteiger partial charge in [-0.1, -0.05) is 0 Å². The summed E-state index contributed by atoms with van der Waals surface area (Å²) in [6.45, 7) is 0. The van der Waals surface area contributed by atoms with Crippen molar-refractivity contribution >= 4 is 24.0 Å². The van der Waals surface area contributed by atoms with Crippen molar-refractivity contribution in [2.24, 2.45) is 0 Å². The summed E-state index contributed by atoms with van der Waals surface area (Å²) in [4.78, 5) is 8.49. The van der Waals surface area contributed by atoms with Gasteiger partial charge in [-0.15, -0.1) is 11.3 Å². The van der Waals surface area contributed by atoms with Gasteiger partial charge in [0.2, 0.25) is 0 Å². The van der Waals surface area contributed by atoms with Crippen LogP contribution in [0.2, 0.25) is 0 Å². The molecular weight excluding hydrogens is 212 g/mol. The first-order valence-electron chi connectivity index (χ1n) is 4.36. The second-order valence-electron chi connectivity index (χ2n) is 2.84. The molecule has 0 aliphatic rings. The molecule has 2 rings (SSSR count). The molecule has 0 bridgehead atoms. The van der Waals surface area contributed by atoms with Crippen LogP contribution < -0.4 is 0 Å². The fourth-order valence-corrected chi connectivity index (χ4v) is 2.35. The molecule has 0 amide bonds. The van der Waals surface area contributed by atoms with E-state index in [2.05, 4.69) is 28.0 Å². The lowest BCUT2D eigenvalue weighted by molar-refractivity contribution is 1.11.